The van der Waals surface area contributed by atoms with Crippen molar-refractivity contribution in [3.05, 3.63) is 41.2 Å². The molecular weight excluding hydrogens is 260 g/mol. The molecule has 0 saturated heterocycles. The van der Waals surface area contributed by atoms with Crippen LogP contribution in [-0.4, -0.2) is 24.1 Å². The molecule has 4 heteroatoms. The predicted octanol–water partition coefficient (Wildman–Crippen LogP) is 4.03. The van der Waals surface area contributed by atoms with Crippen molar-refractivity contribution in [1.82, 2.24) is 9.97 Å². The first-order chi connectivity index (χ1) is 9.93. The lowest BCUT2D eigenvalue weighted by molar-refractivity contribution is 0.770. The molecule has 0 spiro atoms. The lowest BCUT2D eigenvalue weighted by Crippen LogP contribution is -2.16. The fourth-order valence-corrected chi connectivity index (χ4v) is 2.31. The van der Waals surface area contributed by atoms with Crippen LogP contribution in [0.5, 0.6) is 0 Å². The second kappa shape index (κ2) is 6.12. The Kier molecular flexibility index (Phi) is 4.46. The van der Waals surface area contributed by atoms with Crippen molar-refractivity contribution in [3.63, 3.8) is 0 Å². The number of nitrogens with one attached hydrogen (secondary N) is 1. The van der Waals surface area contributed by atoms with E-state index in [4.69, 9.17) is 4.98 Å². The molecule has 4 nitrogen and oxygen atoms in total. The first-order valence-corrected chi connectivity index (χ1v) is 7.30. The zero-order chi connectivity index (χ0) is 15.6. The molecule has 0 aliphatic carbocycles. The lowest BCUT2D eigenvalue weighted by Gasteiger charge is -2.23. The zero-order valence-electron chi connectivity index (χ0n) is 13.7. The van der Waals surface area contributed by atoms with Crippen LogP contribution in [0, 0.1) is 13.8 Å². The van der Waals surface area contributed by atoms with Gasteiger partial charge in [0.05, 0.1) is 0 Å². The Morgan fingerprint density at radius 2 is 1.86 bits per heavy atom. The van der Waals surface area contributed by atoms with Crippen LogP contribution in [0.15, 0.2) is 24.3 Å². The maximum atomic E-state index is 4.76. The van der Waals surface area contributed by atoms with E-state index < -0.39 is 0 Å². The summed E-state index contributed by atoms with van der Waals surface area (Å²) in [6.45, 7) is 8.38. The van der Waals surface area contributed by atoms with E-state index in [1.165, 1.54) is 5.56 Å². The molecule has 1 aromatic heterocycles. The Morgan fingerprint density at radius 3 is 2.43 bits per heavy atom. The Labute approximate surface area is 127 Å². The molecule has 0 bridgehead atoms. The molecule has 0 saturated carbocycles. The van der Waals surface area contributed by atoms with Gasteiger partial charge in [0.25, 0.3) is 0 Å². The first-order valence-electron chi connectivity index (χ1n) is 7.30. The molecule has 0 aliphatic rings. The van der Waals surface area contributed by atoms with Crippen molar-refractivity contribution in [2.24, 2.45) is 0 Å². The van der Waals surface area contributed by atoms with Gasteiger partial charge in [0.15, 0.2) is 0 Å². The minimum absolute atomic E-state index is 0.294. The average molecular weight is 284 g/mol. The summed E-state index contributed by atoms with van der Waals surface area (Å²) >= 11 is 0. The fourth-order valence-electron chi connectivity index (χ4n) is 2.31. The number of benzene rings is 1. The summed E-state index contributed by atoms with van der Waals surface area (Å²) in [6, 6.07) is 8.43. The van der Waals surface area contributed by atoms with Gasteiger partial charge in [0.2, 0.25) is 0 Å². The smallest absolute Gasteiger partial charge is 0.141 e. The second-order valence-electron chi connectivity index (χ2n) is 5.68. The van der Waals surface area contributed by atoms with Crippen LogP contribution < -0.4 is 10.2 Å². The summed E-state index contributed by atoms with van der Waals surface area (Å²) in [5.41, 5.74) is 3.43. The molecule has 21 heavy (non-hydrogen) atoms. The highest BCUT2D eigenvalue weighted by molar-refractivity contribution is 5.67. The minimum Gasteiger partial charge on any atom is -0.373 e. The van der Waals surface area contributed by atoms with Crippen LogP contribution in [0.25, 0.3) is 0 Å². The zero-order valence-corrected chi connectivity index (χ0v) is 13.7. The third-order valence-electron chi connectivity index (χ3n) is 3.60. The van der Waals surface area contributed by atoms with E-state index in [0.717, 1.165) is 28.7 Å². The van der Waals surface area contributed by atoms with Gasteiger partial charge < -0.3 is 10.2 Å². The SMILES string of the molecule is CNc1nc(C(C)C)nc(N(C)c2cccc(C)c2)c1C. The van der Waals surface area contributed by atoms with Gasteiger partial charge >= 0.3 is 0 Å². The molecule has 112 valence electrons. The number of aromatic nitrogens is 2. The number of nitrogens with zero attached hydrogens (tertiary/aromatic N) is 3. The van der Waals surface area contributed by atoms with E-state index in [2.05, 4.69) is 67.2 Å². The molecule has 0 amide bonds. The van der Waals surface area contributed by atoms with Crippen molar-refractivity contribution >= 4 is 17.3 Å². The monoisotopic (exact) mass is 284 g/mol. The van der Waals surface area contributed by atoms with Crippen molar-refractivity contribution in [2.45, 2.75) is 33.6 Å². The van der Waals surface area contributed by atoms with Gasteiger partial charge in [0, 0.05) is 31.3 Å². The number of hydrogen-bond acceptors (Lipinski definition) is 4. The van der Waals surface area contributed by atoms with Crippen molar-refractivity contribution in [2.75, 3.05) is 24.3 Å². The summed E-state index contributed by atoms with van der Waals surface area (Å²) < 4.78 is 0. The van der Waals surface area contributed by atoms with Gasteiger partial charge in [-0.25, -0.2) is 9.97 Å². The number of hydrogen-bond donors (Lipinski definition) is 1. The maximum absolute atomic E-state index is 4.76. The van der Waals surface area contributed by atoms with Crippen LogP contribution >= 0.6 is 0 Å². The lowest BCUT2D eigenvalue weighted by atomic mass is 10.1. The van der Waals surface area contributed by atoms with E-state index in [1.807, 2.05) is 14.1 Å². The van der Waals surface area contributed by atoms with Crippen LogP contribution in [-0.2, 0) is 0 Å². The number of anilines is 3. The molecule has 2 rings (SSSR count). The number of aryl methyl sites for hydroxylation is 1. The van der Waals surface area contributed by atoms with E-state index in [1.54, 1.807) is 0 Å². The summed E-state index contributed by atoms with van der Waals surface area (Å²) in [7, 11) is 3.95. The fraction of sp³-hybridized carbons (Fsp3) is 0.412. The molecule has 0 fully saturated rings. The summed E-state index contributed by atoms with van der Waals surface area (Å²) in [5.74, 6) is 2.99. The van der Waals surface area contributed by atoms with Gasteiger partial charge in [-0.1, -0.05) is 26.0 Å². The third-order valence-corrected chi connectivity index (χ3v) is 3.60. The van der Waals surface area contributed by atoms with Crippen molar-refractivity contribution in [1.29, 1.82) is 0 Å². The first kappa shape index (κ1) is 15.3. The predicted molar refractivity (Wildman–Crippen MR) is 89.6 cm³/mol. The van der Waals surface area contributed by atoms with Crippen LogP contribution in [0.1, 0.15) is 36.7 Å². The van der Waals surface area contributed by atoms with E-state index in [0.29, 0.717) is 5.92 Å². The Hall–Kier alpha value is -2.10. The van der Waals surface area contributed by atoms with E-state index >= 15 is 0 Å². The molecule has 1 aromatic carbocycles. The molecule has 1 N–H and O–H groups in total. The Balaban J connectivity index is 2.53. The highest BCUT2D eigenvalue weighted by Gasteiger charge is 2.16. The van der Waals surface area contributed by atoms with Gasteiger partial charge in [0.1, 0.15) is 17.5 Å². The maximum Gasteiger partial charge on any atom is 0.141 e. The van der Waals surface area contributed by atoms with Crippen molar-refractivity contribution < 1.29 is 0 Å². The van der Waals surface area contributed by atoms with E-state index in [-0.39, 0.29) is 0 Å². The van der Waals surface area contributed by atoms with Crippen molar-refractivity contribution in [3.8, 4) is 0 Å². The molecule has 0 unspecified atom stereocenters. The normalized spacial score (nSPS) is 10.8. The van der Waals surface area contributed by atoms with Gasteiger partial charge in [-0.3, -0.25) is 0 Å². The molecule has 1 heterocycles. The minimum atomic E-state index is 0.294. The van der Waals surface area contributed by atoms with Crippen LogP contribution in [0.4, 0.5) is 17.3 Å². The summed E-state index contributed by atoms with van der Waals surface area (Å²) in [6.07, 6.45) is 0. The molecule has 0 radical (unpaired) electrons. The topological polar surface area (TPSA) is 41.1 Å². The quantitative estimate of drug-likeness (QED) is 0.920. The van der Waals surface area contributed by atoms with Gasteiger partial charge in [-0.05, 0) is 31.5 Å². The van der Waals surface area contributed by atoms with Gasteiger partial charge in [-0.15, -0.1) is 0 Å². The standard InChI is InChI=1S/C17H24N4/c1-11(2)15-19-16(18-5)13(4)17(20-15)21(6)14-9-7-8-12(3)10-14/h7-11H,1-6H3,(H,18,19,20). The Bertz CT molecular complexity index is 635. The summed E-state index contributed by atoms with van der Waals surface area (Å²) in [5, 5.41) is 3.17. The largest absolute Gasteiger partial charge is 0.373 e. The molecular formula is C17H24N4. The molecule has 2 aromatic rings. The van der Waals surface area contributed by atoms with Gasteiger partial charge in [-0.2, -0.15) is 0 Å². The highest BCUT2D eigenvalue weighted by atomic mass is 15.2. The second-order valence-corrected chi connectivity index (χ2v) is 5.68. The molecule has 0 atom stereocenters. The van der Waals surface area contributed by atoms with Crippen LogP contribution in [0.2, 0.25) is 0 Å². The third kappa shape index (κ3) is 3.15. The van der Waals surface area contributed by atoms with E-state index in [9.17, 15) is 0 Å². The highest BCUT2D eigenvalue weighted by Crippen LogP contribution is 2.30. The Morgan fingerprint density at radius 1 is 1.14 bits per heavy atom. The van der Waals surface area contributed by atoms with Crippen LogP contribution in [0.3, 0.4) is 0 Å². The summed E-state index contributed by atoms with van der Waals surface area (Å²) in [4.78, 5) is 11.5. The number of rotatable bonds is 4. The average Bonchev–Trinajstić information content (AvgIpc) is 2.46. The molecule has 0 aliphatic heterocycles.